The number of sulfonamides is 1. The zero-order chi connectivity index (χ0) is 21.5. The van der Waals surface area contributed by atoms with Gasteiger partial charge in [0.25, 0.3) is 10.0 Å². The van der Waals surface area contributed by atoms with Crippen molar-refractivity contribution in [1.82, 2.24) is 4.98 Å². The van der Waals surface area contributed by atoms with E-state index in [0.717, 1.165) is 10.4 Å². The average molecular weight is 443 g/mol. The molecule has 0 bridgehead atoms. The van der Waals surface area contributed by atoms with Crippen molar-refractivity contribution >= 4 is 50.4 Å². The number of para-hydroxylation sites is 1. The number of rotatable bonds is 5. The number of carboxylic acid groups (broad SMARTS) is 1. The van der Waals surface area contributed by atoms with Crippen LogP contribution >= 0.6 is 11.6 Å². The van der Waals surface area contributed by atoms with Crippen LogP contribution in [-0.4, -0.2) is 24.5 Å². The van der Waals surface area contributed by atoms with Crippen molar-refractivity contribution in [2.24, 2.45) is 0 Å². The molecule has 0 amide bonds. The predicted octanol–water partition coefficient (Wildman–Crippen LogP) is 5.01. The number of aromatic carboxylic acids is 1. The number of hydrogen-bond donors (Lipinski definition) is 1. The first kappa shape index (κ1) is 19.9. The van der Waals surface area contributed by atoms with Crippen molar-refractivity contribution in [1.29, 1.82) is 0 Å². The minimum absolute atomic E-state index is 0.103. The van der Waals surface area contributed by atoms with Crippen molar-refractivity contribution in [3.8, 4) is 0 Å². The molecule has 4 rings (SSSR count). The van der Waals surface area contributed by atoms with Gasteiger partial charge >= 0.3 is 12.0 Å². The Morgan fingerprint density at radius 3 is 2.50 bits per heavy atom. The normalized spacial score (nSPS) is 11.5. The van der Waals surface area contributed by atoms with Crippen LogP contribution in [0.2, 0.25) is 5.02 Å². The Morgan fingerprint density at radius 2 is 1.80 bits per heavy atom. The molecule has 30 heavy (non-hydrogen) atoms. The fraction of sp³-hybridized carbons (Fsp3) is 0.0476. The van der Waals surface area contributed by atoms with E-state index in [-0.39, 0.29) is 22.2 Å². The molecule has 9 heteroatoms. The Morgan fingerprint density at radius 1 is 1.07 bits per heavy atom. The van der Waals surface area contributed by atoms with Gasteiger partial charge in [-0.1, -0.05) is 35.9 Å². The molecule has 1 N–H and O–H groups in total. The summed E-state index contributed by atoms with van der Waals surface area (Å²) in [6.45, 7) is 1.60. The number of halogens is 1. The number of carboxylic acids is 1. The number of oxazole rings is 1. The average Bonchev–Trinajstić information content (AvgIpc) is 3.10. The topological polar surface area (TPSA) is 101 Å². The van der Waals surface area contributed by atoms with E-state index in [2.05, 4.69) is 4.98 Å². The van der Waals surface area contributed by atoms with Gasteiger partial charge in [0.2, 0.25) is 0 Å². The van der Waals surface area contributed by atoms with Gasteiger partial charge in [-0.05, 0) is 55.0 Å². The van der Waals surface area contributed by atoms with Crippen molar-refractivity contribution in [3.05, 3.63) is 82.9 Å². The maximum absolute atomic E-state index is 13.6. The second kappa shape index (κ2) is 7.47. The van der Waals surface area contributed by atoms with E-state index in [0.29, 0.717) is 21.7 Å². The molecule has 0 aliphatic rings. The van der Waals surface area contributed by atoms with Gasteiger partial charge in [-0.25, -0.2) is 13.2 Å². The molecular formula is C21H15ClN2O5S. The molecule has 1 heterocycles. The summed E-state index contributed by atoms with van der Waals surface area (Å²) in [6, 6.07) is 16.8. The molecule has 1 aromatic heterocycles. The lowest BCUT2D eigenvalue weighted by atomic mass is 10.1. The first-order valence-electron chi connectivity index (χ1n) is 8.78. The number of benzene rings is 3. The molecule has 3 aromatic carbocycles. The summed E-state index contributed by atoms with van der Waals surface area (Å²) < 4.78 is 33.8. The number of aromatic nitrogens is 1. The predicted molar refractivity (Wildman–Crippen MR) is 113 cm³/mol. The first-order chi connectivity index (χ1) is 14.3. The minimum Gasteiger partial charge on any atom is -0.478 e. The molecule has 152 valence electrons. The number of hydrogen-bond acceptors (Lipinski definition) is 5. The highest BCUT2D eigenvalue weighted by Gasteiger charge is 2.31. The largest absolute Gasteiger partial charge is 0.478 e. The highest BCUT2D eigenvalue weighted by molar-refractivity contribution is 7.93. The Hall–Kier alpha value is -3.36. The molecule has 0 saturated heterocycles. The molecule has 0 fully saturated rings. The second-order valence-electron chi connectivity index (χ2n) is 6.50. The lowest BCUT2D eigenvalue weighted by molar-refractivity contribution is 0.0696. The summed E-state index contributed by atoms with van der Waals surface area (Å²) in [5.74, 6) is -1.22. The number of nitrogens with zero attached hydrogens (tertiary/aromatic N) is 2. The van der Waals surface area contributed by atoms with E-state index < -0.39 is 16.0 Å². The van der Waals surface area contributed by atoms with Crippen LogP contribution < -0.4 is 4.31 Å². The SMILES string of the molecule is Cc1ccc(S(=O)(=O)N(c2ccccc2)c2nc3cc(Cl)ccc3o2)cc1C(=O)O. The Balaban J connectivity index is 1.94. The Labute approximate surface area is 177 Å². The third-order valence-corrected chi connectivity index (χ3v) is 6.41. The van der Waals surface area contributed by atoms with E-state index in [4.69, 9.17) is 16.0 Å². The molecule has 0 atom stereocenters. The molecule has 4 aromatic rings. The molecule has 0 radical (unpaired) electrons. The second-order valence-corrected chi connectivity index (χ2v) is 8.72. The van der Waals surface area contributed by atoms with E-state index >= 15 is 0 Å². The van der Waals surface area contributed by atoms with Crippen LogP contribution in [0.3, 0.4) is 0 Å². The maximum Gasteiger partial charge on any atom is 0.335 e. The van der Waals surface area contributed by atoms with Crippen LogP contribution in [-0.2, 0) is 10.0 Å². The first-order valence-corrected chi connectivity index (χ1v) is 10.6. The maximum atomic E-state index is 13.6. The van der Waals surface area contributed by atoms with E-state index in [1.54, 1.807) is 55.5 Å². The quantitative estimate of drug-likeness (QED) is 0.466. The van der Waals surface area contributed by atoms with Gasteiger partial charge < -0.3 is 9.52 Å². The Kier molecular flexibility index (Phi) is 4.97. The van der Waals surface area contributed by atoms with Crippen LogP contribution in [0.5, 0.6) is 0 Å². The van der Waals surface area contributed by atoms with Gasteiger partial charge in [0.15, 0.2) is 5.58 Å². The fourth-order valence-corrected chi connectivity index (χ4v) is 4.55. The molecule has 7 nitrogen and oxygen atoms in total. The van der Waals surface area contributed by atoms with Crippen molar-refractivity contribution in [3.63, 3.8) is 0 Å². The summed E-state index contributed by atoms with van der Waals surface area (Å²) in [7, 11) is -4.26. The highest BCUT2D eigenvalue weighted by Crippen LogP contribution is 2.34. The molecule has 0 aliphatic carbocycles. The summed E-state index contributed by atoms with van der Waals surface area (Å²) in [5.41, 5.74) is 1.38. The van der Waals surface area contributed by atoms with Crippen molar-refractivity contribution in [2.45, 2.75) is 11.8 Å². The van der Waals surface area contributed by atoms with Gasteiger partial charge in [-0.2, -0.15) is 9.29 Å². The lowest BCUT2D eigenvalue weighted by Crippen LogP contribution is -2.27. The third-order valence-electron chi connectivity index (χ3n) is 4.48. The Bertz CT molecular complexity index is 1370. The number of anilines is 2. The molecule has 0 unspecified atom stereocenters. The monoisotopic (exact) mass is 442 g/mol. The smallest absolute Gasteiger partial charge is 0.335 e. The van der Waals surface area contributed by atoms with Crippen LogP contribution in [0, 0.1) is 6.92 Å². The van der Waals surface area contributed by atoms with Gasteiger partial charge in [-0.15, -0.1) is 0 Å². The number of aryl methyl sites for hydroxylation is 1. The number of carbonyl (C=O) groups is 1. The lowest BCUT2D eigenvalue weighted by Gasteiger charge is -2.21. The minimum atomic E-state index is -4.26. The summed E-state index contributed by atoms with van der Waals surface area (Å²) in [5, 5.41) is 9.83. The summed E-state index contributed by atoms with van der Waals surface area (Å²) in [6.07, 6.45) is 0. The van der Waals surface area contributed by atoms with Crippen LogP contribution in [0.25, 0.3) is 11.1 Å². The molecule has 0 saturated carbocycles. The van der Waals surface area contributed by atoms with E-state index in [1.165, 1.54) is 12.1 Å². The zero-order valence-corrected chi connectivity index (χ0v) is 17.2. The van der Waals surface area contributed by atoms with Crippen LogP contribution in [0.15, 0.2) is 76.0 Å². The van der Waals surface area contributed by atoms with Crippen molar-refractivity contribution in [2.75, 3.05) is 4.31 Å². The third kappa shape index (κ3) is 3.51. The van der Waals surface area contributed by atoms with Crippen LogP contribution in [0.4, 0.5) is 11.7 Å². The van der Waals surface area contributed by atoms with Gasteiger partial charge in [0.05, 0.1) is 16.1 Å². The summed E-state index contributed by atoms with van der Waals surface area (Å²) >= 11 is 6.00. The van der Waals surface area contributed by atoms with E-state index in [1.807, 2.05) is 0 Å². The molecule has 0 aliphatic heterocycles. The zero-order valence-electron chi connectivity index (χ0n) is 15.6. The molecular weight excluding hydrogens is 428 g/mol. The highest BCUT2D eigenvalue weighted by atomic mass is 35.5. The van der Waals surface area contributed by atoms with Gasteiger partial charge in [-0.3, -0.25) is 0 Å². The van der Waals surface area contributed by atoms with Gasteiger partial charge in [0, 0.05) is 5.02 Å². The van der Waals surface area contributed by atoms with E-state index in [9.17, 15) is 18.3 Å². The number of fused-ring (bicyclic) bond motifs is 1. The molecule has 0 spiro atoms. The van der Waals surface area contributed by atoms with Gasteiger partial charge in [0.1, 0.15) is 5.52 Å². The van der Waals surface area contributed by atoms with Crippen LogP contribution in [0.1, 0.15) is 15.9 Å². The summed E-state index contributed by atoms with van der Waals surface area (Å²) in [4.78, 5) is 15.6. The fourth-order valence-electron chi connectivity index (χ4n) is 2.99. The standard InChI is InChI=1S/C21H15ClN2O5S/c1-13-7-9-16(12-17(13)20(25)26)30(27,28)24(15-5-3-2-4-6-15)21-23-18-11-14(22)8-10-19(18)29-21/h2-12H,1H3,(H,25,26). The van der Waals surface area contributed by atoms with Crippen molar-refractivity contribution < 1.29 is 22.7 Å².